The fourth-order valence-electron chi connectivity index (χ4n) is 2.04. The minimum Gasteiger partial charge on any atom is -0.508 e. The lowest BCUT2D eigenvalue weighted by Crippen LogP contribution is -2.17. The van der Waals surface area contributed by atoms with Crippen molar-refractivity contribution in [3.63, 3.8) is 0 Å². The Kier molecular flexibility index (Phi) is 5.02. The van der Waals surface area contributed by atoms with Crippen molar-refractivity contribution in [3.8, 4) is 5.75 Å². The third-order valence-electron chi connectivity index (χ3n) is 3.20. The highest BCUT2D eigenvalue weighted by Crippen LogP contribution is 2.27. The lowest BCUT2D eigenvalue weighted by molar-refractivity contribution is 0.475. The quantitative estimate of drug-likeness (QED) is 0.834. The molecule has 0 aliphatic carbocycles. The third kappa shape index (κ3) is 4.33. The van der Waals surface area contributed by atoms with Crippen LogP contribution < -0.4 is 5.32 Å². The van der Waals surface area contributed by atoms with E-state index in [1.54, 1.807) is 12.1 Å². The van der Waals surface area contributed by atoms with Gasteiger partial charge in [-0.2, -0.15) is 0 Å². The van der Waals surface area contributed by atoms with E-state index in [1.807, 2.05) is 19.1 Å². The molecule has 2 rings (SSSR count). The summed E-state index contributed by atoms with van der Waals surface area (Å²) >= 11 is 5.84. The number of phenols is 1. The molecule has 0 fully saturated rings. The van der Waals surface area contributed by atoms with E-state index in [-0.39, 0.29) is 22.5 Å². The molecule has 2 nitrogen and oxygen atoms in total. The van der Waals surface area contributed by atoms with Crippen LogP contribution in [0.4, 0.5) is 14.5 Å². The average molecular weight is 312 g/mol. The number of benzene rings is 2. The molecular formula is C16H16ClF2NO. The minimum atomic E-state index is -0.698. The van der Waals surface area contributed by atoms with Gasteiger partial charge in [-0.1, -0.05) is 23.7 Å². The highest BCUT2D eigenvalue weighted by Gasteiger charge is 2.12. The van der Waals surface area contributed by atoms with Crippen molar-refractivity contribution in [2.24, 2.45) is 0 Å². The normalized spacial score (nSPS) is 12.2. The number of hydrogen-bond acceptors (Lipinski definition) is 2. The molecule has 0 spiro atoms. The van der Waals surface area contributed by atoms with Crippen LogP contribution in [-0.4, -0.2) is 11.1 Å². The van der Waals surface area contributed by atoms with Crippen molar-refractivity contribution < 1.29 is 13.9 Å². The first-order valence-electron chi connectivity index (χ1n) is 6.64. The third-order valence-corrected chi connectivity index (χ3v) is 3.50. The molecule has 112 valence electrons. The smallest absolute Gasteiger partial charge is 0.150 e. The number of nitrogens with one attached hydrogen (secondary N) is 1. The molecule has 0 saturated carbocycles. The molecule has 1 unspecified atom stereocenters. The van der Waals surface area contributed by atoms with Gasteiger partial charge in [-0.25, -0.2) is 8.78 Å². The van der Waals surface area contributed by atoms with Gasteiger partial charge < -0.3 is 10.4 Å². The van der Waals surface area contributed by atoms with Crippen molar-refractivity contribution >= 4 is 17.3 Å². The Balaban J connectivity index is 1.96. The summed E-state index contributed by atoms with van der Waals surface area (Å²) in [5.41, 5.74) is 1.20. The Hall–Kier alpha value is -1.81. The van der Waals surface area contributed by atoms with Crippen LogP contribution in [0.15, 0.2) is 36.4 Å². The monoisotopic (exact) mass is 311 g/mol. The molecule has 21 heavy (non-hydrogen) atoms. The number of rotatable bonds is 5. The molecule has 0 radical (unpaired) electrons. The van der Waals surface area contributed by atoms with E-state index in [2.05, 4.69) is 5.32 Å². The summed E-state index contributed by atoms with van der Waals surface area (Å²) in [4.78, 5) is 0. The molecule has 2 N–H and O–H groups in total. The summed E-state index contributed by atoms with van der Waals surface area (Å²) in [6.45, 7) is 1.90. The van der Waals surface area contributed by atoms with Gasteiger partial charge in [-0.15, -0.1) is 0 Å². The van der Waals surface area contributed by atoms with Crippen molar-refractivity contribution in [3.05, 3.63) is 58.6 Å². The van der Waals surface area contributed by atoms with Gasteiger partial charge >= 0.3 is 0 Å². The van der Waals surface area contributed by atoms with E-state index in [4.69, 9.17) is 11.6 Å². The Labute approximate surface area is 127 Å². The van der Waals surface area contributed by atoms with Gasteiger partial charge in [0.1, 0.15) is 11.6 Å². The van der Waals surface area contributed by atoms with Crippen LogP contribution in [0.25, 0.3) is 0 Å². The van der Waals surface area contributed by atoms with E-state index >= 15 is 0 Å². The van der Waals surface area contributed by atoms with Gasteiger partial charge in [0.15, 0.2) is 5.82 Å². The summed E-state index contributed by atoms with van der Waals surface area (Å²) in [5, 5.41) is 12.2. The van der Waals surface area contributed by atoms with Gasteiger partial charge in [0.25, 0.3) is 0 Å². The molecule has 2 aromatic carbocycles. The second-order valence-corrected chi connectivity index (χ2v) is 5.40. The lowest BCUT2D eigenvalue weighted by atomic mass is 10.1. The largest absolute Gasteiger partial charge is 0.508 e. The highest BCUT2D eigenvalue weighted by molar-refractivity contribution is 6.33. The first-order chi connectivity index (χ1) is 9.95. The maximum atomic E-state index is 13.7. The van der Waals surface area contributed by atoms with Crippen molar-refractivity contribution in [1.82, 2.24) is 0 Å². The molecule has 0 aromatic heterocycles. The van der Waals surface area contributed by atoms with E-state index in [1.165, 1.54) is 0 Å². The van der Waals surface area contributed by atoms with Crippen molar-refractivity contribution in [2.45, 2.75) is 25.8 Å². The zero-order valence-electron chi connectivity index (χ0n) is 11.5. The van der Waals surface area contributed by atoms with Crippen LogP contribution in [0.3, 0.4) is 0 Å². The molecule has 5 heteroatoms. The Morgan fingerprint density at radius 3 is 2.48 bits per heavy atom. The fourth-order valence-corrected chi connectivity index (χ4v) is 2.29. The molecular weight excluding hydrogens is 296 g/mol. The molecule has 0 aliphatic heterocycles. The molecule has 0 aliphatic rings. The maximum absolute atomic E-state index is 13.7. The topological polar surface area (TPSA) is 32.3 Å². The summed E-state index contributed by atoms with van der Waals surface area (Å²) in [6.07, 6.45) is 1.52. The Bertz CT molecular complexity index is 593. The summed E-state index contributed by atoms with van der Waals surface area (Å²) in [5.74, 6) is -1.17. The predicted octanol–water partition coefficient (Wildman–Crippen LogP) is 4.76. The van der Waals surface area contributed by atoms with Crippen LogP contribution in [0, 0.1) is 11.6 Å². The van der Waals surface area contributed by atoms with Crippen LogP contribution >= 0.6 is 11.6 Å². The molecule has 2 aromatic rings. The van der Waals surface area contributed by atoms with Gasteiger partial charge in [-0.3, -0.25) is 0 Å². The number of hydrogen-bond donors (Lipinski definition) is 2. The molecule has 0 saturated heterocycles. The molecule has 0 heterocycles. The Morgan fingerprint density at radius 2 is 1.86 bits per heavy atom. The van der Waals surface area contributed by atoms with Gasteiger partial charge in [0.2, 0.25) is 0 Å². The molecule has 0 amide bonds. The fraction of sp³-hybridized carbons (Fsp3) is 0.250. The number of halogens is 3. The standard InChI is InChI=1S/C16H16ClF2NO/c1-10(2-3-11-4-6-13(21)7-5-11)20-16-14(17)8-12(18)9-15(16)19/h4-10,20-21H,2-3H2,1H3. The van der Waals surface area contributed by atoms with Gasteiger partial charge in [0.05, 0.1) is 10.7 Å². The SMILES string of the molecule is CC(CCc1ccc(O)cc1)Nc1c(F)cc(F)cc1Cl. The number of phenolic OH excluding ortho intramolecular Hbond substituents is 1. The Morgan fingerprint density at radius 1 is 1.19 bits per heavy atom. The summed E-state index contributed by atoms with van der Waals surface area (Å²) in [7, 11) is 0. The van der Waals surface area contributed by atoms with E-state index < -0.39 is 11.6 Å². The number of anilines is 1. The first-order valence-corrected chi connectivity index (χ1v) is 7.02. The molecule has 1 atom stereocenters. The zero-order valence-corrected chi connectivity index (χ0v) is 12.3. The van der Waals surface area contributed by atoms with Crippen LogP contribution in [0.2, 0.25) is 5.02 Å². The van der Waals surface area contributed by atoms with Gasteiger partial charge in [-0.05, 0) is 43.5 Å². The van der Waals surface area contributed by atoms with Crippen molar-refractivity contribution in [2.75, 3.05) is 5.32 Å². The maximum Gasteiger partial charge on any atom is 0.150 e. The van der Waals surface area contributed by atoms with E-state index in [0.29, 0.717) is 0 Å². The molecule has 0 bridgehead atoms. The number of aromatic hydroxyl groups is 1. The van der Waals surface area contributed by atoms with Gasteiger partial charge in [0, 0.05) is 12.1 Å². The van der Waals surface area contributed by atoms with Crippen molar-refractivity contribution in [1.29, 1.82) is 0 Å². The van der Waals surface area contributed by atoms with Crippen LogP contribution in [0.5, 0.6) is 5.75 Å². The lowest BCUT2D eigenvalue weighted by Gasteiger charge is -2.17. The highest BCUT2D eigenvalue weighted by atomic mass is 35.5. The summed E-state index contributed by atoms with van der Waals surface area (Å²) in [6, 6.07) is 8.80. The van der Waals surface area contributed by atoms with Crippen LogP contribution in [-0.2, 0) is 6.42 Å². The average Bonchev–Trinajstić information content (AvgIpc) is 2.42. The minimum absolute atomic E-state index is 0.0312. The predicted molar refractivity (Wildman–Crippen MR) is 80.9 cm³/mol. The van der Waals surface area contributed by atoms with E-state index in [9.17, 15) is 13.9 Å². The number of aryl methyl sites for hydroxylation is 1. The van der Waals surface area contributed by atoms with Crippen LogP contribution in [0.1, 0.15) is 18.9 Å². The van der Waals surface area contributed by atoms with E-state index in [0.717, 1.165) is 30.5 Å². The zero-order chi connectivity index (χ0) is 15.4. The summed E-state index contributed by atoms with van der Waals surface area (Å²) < 4.78 is 26.6. The second-order valence-electron chi connectivity index (χ2n) is 4.99. The second kappa shape index (κ2) is 6.76. The first kappa shape index (κ1) is 15.6.